The molecule has 1 saturated heterocycles. The summed E-state index contributed by atoms with van der Waals surface area (Å²) < 4.78 is 5.58. The molecule has 2 aromatic rings. The Morgan fingerprint density at radius 3 is 3.04 bits per heavy atom. The Morgan fingerprint density at radius 2 is 2.16 bits per heavy atom. The van der Waals surface area contributed by atoms with Crippen molar-refractivity contribution in [3.05, 3.63) is 64.2 Å². The molecule has 130 valence electrons. The Hall–Kier alpha value is -2.00. The number of carbonyl (C=O) groups excluding carboxylic acids is 1. The largest absolute Gasteiger partial charge is 0.493 e. The average molecular weight is 356 g/mol. The average Bonchev–Trinajstić information content (AvgIpc) is 3.28. The minimum atomic E-state index is 0.243. The number of likely N-dealkylation sites (tertiary alicyclic amines) is 1. The summed E-state index contributed by atoms with van der Waals surface area (Å²) in [5.41, 5.74) is 3.77. The highest BCUT2D eigenvalue weighted by Gasteiger charge is 2.28. The lowest BCUT2D eigenvalue weighted by atomic mass is 9.96. The predicted octanol–water partition coefficient (Wildman–Crippen LogP) is 4.22. The first-order valence-corrected chi connectivity index (χ1v) is 9.35. The lowest BCUT2D eigenvalue weighted by molar-refractivity contribution is -0.130. The zero-order chi connectivity index (χ0) is 17.2. The molecule has 0 radical (unpaired) electrons. The maximum atomic E-state index is 12.5. The summed E-state index contributed by atoms with van der Waals surface area (Å²) >= 11 is 6.01. The van der Waals surface area contributed by atoms with Crippen LogP contribution >= 0.6 is 11.6 Å². The molecule has 1 unspecified atom stereocenters. The second-order valence-corrected chi connectivity index (χ2v) is 7.36. The number of hydrogen-bond donors (Lipinski definition) is 0. The summed E-state index contributed by atoms with van der Waals surface area (Å²) in [5.74, 6) is 1.71. The molecule has 1 amide bonds. The van der Waals surface area contributed by atoms with Crippen LogP contribution in [0.3, 0.4) is 0 Å². The Balaban J connectivity index is 1.34. The Kier molecular flexibility index (Phi) is 4.67. The molecule has 4 heteroatoms. The summed E-state index contributed by atoms with van der Waals surface area (Å²) in [5, 5.41) is 0.728. The third-order valence-electron chi connectivity index (χ3n) is 5.24. The fourth-order valence-corrected chi connectivity index (χ4v) is 4.03. The molecule has 2 aromatic carbocycles. The molecule has 0 spiro atoms. The second-order valence-electron chi connectivity index (χ2n) is 6.92. The van der Waals surface area contributed by atoms with Crippen LogP contribution in [0.5, 0.6) is 5.75 Å². The van der Waals surface area contributed by atoms with E-state index in [4.69, 9.17) is 16.3 Å². The molecule has 2 aliphatic heterocycles. The van der Waals surface area contributed by atoms with Crippen molar-refractivity contribution >= 4 is 17.5 Å². The van der Waals surface area contributed by atoms with Crippen molar-refractivity contribution < 1.29 is 9.53 Å². The van der Waals surface area contributed by atoms with Crippen molar-refractivity contribution in [3.8, 4) is 5.75 Å². The first kappa shape index (κ1) is 16.5. The number of nitrogens with zero attached hydrogens (tertiary/aromatic N) is 1. The Morgan fingerprint density at radius 1 is 1.24 bits per heavy atom. The van der Waals surface area contributed by atoms with Crippen LogP contribution in [0.15, 0.2) is 42.5 Å². The van der Waals surface area contributed by atoms with Gasteiger partial charge in [-0.15, -0.1) is 0 Å². The highest BCUT2D eigenvalue weighted by Crippen LogP contribution is 2.33. The summed E-state index contributed by atoms with van der Waals surface area (Å²) in [4.78, 5) is 14.6. The normalized spacial score (nSPS) is 18.9. The van der Waals surface area contributed by atoms with E-state index in [1.165, 1.54) is 11.1 Å². The molecule has 1 atom stereocenters. The van der Waals surface area contributed by atoms with Crippen LogP contribution in [0.2, 0.25) is 5.02 Å². The standard InChI is InChI=1S/C21H22ClNO2/c22-19-3-1-2-15(12-19)4-7-21(24)23-10-8-18(14-23)16-5-6-20-17(13-16)9-11-25-20/h1-3,5-6,12-13,18H,4,7-11,14H2. The van der Waals surface area contributed by atoms with E-state index in [0.717, 1.165) is 55.3 Å². The number of benzene rings is 2. The number of aryl methyl sites for hydroxylation is 1. The number of rotatable bonds is 4. The van der Waals surface area contributed by atoms with Gasteiger partial charge in [-0.05, 0) is 47.7 Å². The van der Waals surface area contributed by atoms with Gasteiger partial charge < -0.3 is 9.64 Å². The minimum absolute atomic E-state index is 0.243. The maximum Gasteiger partial charge on any atom is 0.222 e. The van der Waals surface area contributed by atoms with Gasteiger partial charge in [0.2, 0.25) is 5.91 Å². The third kappa shape index (κ3) is 3.67. The molecule has 3 nitrogen and oxygen atoms in total. The molecule has 0 aromatic heterocycles. The van der Waals surface area contributed by atoms with Crippen LogP contribution in [-0.2, 0) is 17.6 Å². The summed E-state index contributed by atoms with van der Waals surface area (Å²) in [6, 6.07) is 14.3. The summed E-state index contributed by atoms with van der Waals surface area (Å²) in [7, 11) is 0. The number of fused-ring (bicyclic) bond motifs is 1. The van der Waals surface area contributed by atoms with E-state index in [2.05, 4.69) is 18.2 Å². The number of hydrogen-bond acceptors (Lipinski definition) is 2. The Labute approximate surface area is 153 Å². The van der Waals surface area contributed by atoms with Gasteiger partial charge in [0.15, 0.2) is 0 Å². The summed E-state index contributed by atoms with van der Waals surface area (Å²) in [6.07, 6.45) is 3.34. The van der Waals surface area contributed by atoms with Gasteiger partial charge in [0.1, 0.15) is 5.75 Å². The number of amides is 1. The van der Waals surface area contributed by atoms with Crippen molar-refractivity contribution in [1.29, 1.82) is 0 Å². The minimum Gasteiger partial charge on any atom is -0.493 e. The first-order valence-electron chi connectivity index (χ1n) is 8.97. The smallest absolute Gasteiger partial charge is 0.222 e. The van der Waals surface area contributed by atoms with Crippen LogP contribution < -0.4 is 4.74 Å². The van der Waals surface area contributed by atoms with Crippen molar-refractivity contribution in [3.63, 3.8) is 0 Å². The fourth-order valence-electron chi connectivity index (χ4n) is 3.82. The molecule has 0 bridgehead atoms. The van der Waals surface area contributed by atoms with Gasteiger partial charge in [-0.2, -0.15) is 0 Å². The molecule has 0 N–H and O–H groups in total. The predicted molar refractivity (Wildman–Crippen MR) is 99.4 cm³/mol. The zero-order valence-corrected chi connectivity index (χ0v) is 15.0. The summed E-state index contributed by atoms with van der Waals surface area (Å²) in [6.45, 7) is 2.47. The van der Waals surface area contributed by atoms with Gasteiger partial charge in [0, 0.05) is 36.9 Å². The number of ether oxygens (including phenoxy) is 1. The van der Waals surface area contributed by atoms with Crippen LogP contribution in [-0.4, -0.2) is 30.5 Å². The SMILES string of the molecule is O=C(CCc1cccc(Cl)c1)N1CCC(c2ccc3c(c2)CCO3)C1. The third-order valence-corrected chi connectivity index (χ3v) is 5.48. The fraction of sp³-hybridized carbons (Fsp3) is 0.381. The molecule has 0 saturated carbocycles. The molecule has 1 fully saturated rings. The van der Waals surface area contributed by atoms with Gasteiger partial charge in [-0.3, -0.25) is 4.79 Å². The monoisotopic (exact) mass is 355 g/mol. The molecular formula is C21H22ClNO2. The van der Waals surface area contributed by atoms with E-state index in [0.29, 0.717) is 12.3 Å². The molecule has 2 aliphatic rings. The lowest BCUT2D eigenvalue weighted by Gasteiger charge is -2.17. The highest BCUT2D eigenvalue weighted by molar-refractivity contribution is 6.30. The molecule has 2 heterocycles. The lowest BCUT2D eigenvalue weighted by Crippen LogP contribution is -2.28. The van der Waals surface area contributed by atoms with Gasteiger partial charge in [-0.1, -0.05) is 35.9 Å². The second kappa shape index (κ2) is 7.09. The van der Waals surface area contributed by atoms with E-state index in [1.807, 2.05) is 29.2 Å². The first-order chi connectivity index (χ1) is 12.2. The van der Waals surface area contributed by atoms with E-state index >= 15 is 0 Å². The zero-order valence-electron chi connectivity index (χ0n) is 14.2. The molecule has 0 aliphatic carbocycles. The van der Waals surface area contributed by atoms with Crippen LogP contribution in [0.4, 0.5) is 0 Å². The molecule has 4 rings (SSSR count). The van der Waals surface area contributed by atoms with E-state index < -0.39 is 0 Å². The van der Waals surface area contributed by atoms with Gasteiger partial charge >= 0.3 is 0 Å². The van der Waals surface area contributed by atoms with E-state index in [9.17, 15) is 4.79 Å². The highest BCUT2D eigenvalue weighted by atomic mass is 35.5. The maximum absolute atomic E-state index is 12.5. The quantitative estimate of drug-likeness (QED) is 0.821. The van der Waals surface area contributed by atoms with Crippen molar-refractivity contribution in [2.75, 3.05) is 19.7 Å². The Bertz CT molecular complexity index is 789. The number of carbonyl (C=O) groups is 1. The van der Waals surface area contributed by atoms with E-state index in [-0.39, 0.29) is 5.91 Å². The van der Waals surface area contributed by atoms with Gasteiger partial charge in [-0.25, -0.2) is 0 Å². The van der Waals surface area contributed by atoms with Crippen LogP contribution in [0.25, 0.3) is 0 Å². The van der Waals surface area contributed by atoms with Crippen molar-refractivity contribution in [1.82, 2.24) is 4.90 Å². The molecule has 25 heavy (non-hydrogen) atoms. The van der Waals surface area contributed by atoms with Crippen molar-refractivity contribution in [2.24, 2.45) is 0 Å². The van der Waals surface area contributed by atoms with Crippen LogP contribution in [0, 0.1) is 0 Å². The topological polar surface area (TPSA) is 29.5 Å². The van der Waals surface area contributed by atoms with Crippen molar-refractivity contribution in [2.45, 2.75) is 31.6 Å². The molecular weight excluding hydrogens is 334 g/mol. The van der Waals surface area contributed by atoms with Gasteiger partial charge in [0.25, 0.3) is 0 Å². The van der Waals surface area contributed by atoms with Crippen LogP contribution in [0.1, 0.15) is 35.4 Å². The van der Waals surface area contributed by atoms with Gasteiger partial charge in [0.05, 0.1) is 6.61 Å². The number of halogens is 1. The van der Waals surface area contributed by atoms with E-state index in [1.54, 1.807) is 0 Å².